The molecule has 3 aliphatic heterocycles. The van der Waals surface area contributed by atoms with Crippen LogP contribution in [0.3, 0.4) is 0 Å². The Morgan fingerprint density at radius 2 is 2.35 bits per heavy atom. The number of nitrogens with one attached hydrogen (secondary N) is 1. The number of rotatable bonds is 0. The van der Waals surface area contributed by atoms with Gasteiger partial charge in [-0.25, -0.2) is 0 Å². The molecule has 1 N–H and O–H groups in total. The van der Waals surface area contributed by atoms with Crippen LogP contribution in [0.15, 0.2) is 18.2 Å². The smallest absolute Gasteiger partial charge is 0.223 e. The third-order valence-electron chi connectivity index (χ3n) is 4.88. The fourth-order valence-corrected chi connectivity index (χ4v) is 4.11. The molecule has 2 bridgehead atoms. The van der Waals surface area contributed by atoms with E-state index in [9.17, 15) is 4.79 Å². The van der Waals surface area contributed by atoms with Crippen molar-refractivity contribution in [2.24, 2.45) is 5.92 Å². The summed E-state index contributed by atoms with van der Waals surface area (Å²) in [6.45, 7) is 1.88. The van der Waals surface area contributed by atoms with E-state index in [-0.39, 0.29) is 11.8 Å². The average Bonchev–Trinajstić information content (AvgIpc) is 2.40. The lowest BCUT2D eigenvalue weighted by Gasteiger charge is -2.55. The molecule has 1 unspecified atom stereocenters. The number of carbonyl (C=O) groups excluding carboxylic acids is 1. The fourth-order valence-electron chi connectivity index (χ4n) is 3.93. The molecule has 0 spiro atoms. The van der Waals surface area contributed by atoms with E-state index in [1.54, 1.807) is 0 Å². The van der Waals surface area contributed by atoms with Crippen LogP contribution in [-0.4, -0.2) is 36.7 Å². The SMILES string of the molecule is CN1CC[C@@]23NC(=O)C[C@@H](c4cc(Cl)ccc4O2)C3C1. The van der Waals surface area contributed by atoms with E-state index in [4.69, 9.17) is 16.3 Å². The predicted octanol–water partition coefficient (Wildman–Crippen LogP) is 1.98. The van der Waals surface area contributed by atoms with Gasteiger partial charge in [0.1, 0.15) is 5.75 Å². The van der Waals surface area contributed by atoms with Gasteiger partial charge < -0.3 is 15.0 Å². The topological polar surface area (TPSA) is 41.6 Å². The Balaban J connectivity index is 1.86. The van der Waals surface area contributed by atoms with Crippen molar-refractivity contribution in [2.45, 2.75) is 24.5 Å². The minimum Gasteiger partial charge on any atom is -0.467 e. The van der Waals surface area contributed by atoms with Gasteiger partial charge in [-0.1, -0.05) is 11.6 Å². The number of hydrogen-bond donors (Lipinski definition) is 1. The van der Waals surface area contributed by atoms with E-state index >= 15 is 0 Å². The van der Waals surface area contributed by atoms with Gasteiger partial charge in [-0.2, -0.15) is 0 Å². The molecule has 1 aromatic carbocycles. The highest BCUT2D eigenvalue weighted by Crippen LogP contribution is 2.51. The van der Waals surface area contributed by atoms with Gasteiger partial charge in [0.25, 0.3) is 0 Å². The molecule has 1 amide bonds. The second-order valence-electron chi connectivity index (χ2n) is 6.15. The van der Waals surface area contributed by atoms with E-state index in [0.29, 0.717) is 17.4 Å². The molecule has 0 aromatic heterocycles. The Morgan fingerprint density at radius 3 is 3.20 bits per heavy atom. The van der Waals surface area contributed by atoms with Crippen LogP contribution in [0.25, 0.3) is 0 Å². The Labute approximate surface area is 123 Å². The molecule has 2 saturated heterocycles. The van der Waals surface area contributed by atoms with Gasteiger partial charge in [-0.3, -0.25) is 4.79 Å². The fraction of sp³-hybridized carbons (Fsp3) is 0.533. The Kier molecular flexibility index (Phi) is 2.57. The summed E-state index contributed by atoms with van der Waals surface area (Å²) in [5.41, 5.74) is 0.566. The summed E-state index contributed by atoms with van der Waals surface area (Å²) in [6.07, 6.45) is 1.36. The molecule has 20 heavy (non-hydrogen) atoms. The van der Waals surface area contributed by atoms with Crippen LogP contribution in [0, 0.1) is 5.92 Å². The molecule has 3 atom stereocenters. The summed E-state index contributed by atoms with van der Waals surface area (Å²) >= 11 is 6.13. The average molecular weight is 293 g/mol. The molecule has 4 rings (SSSR count). The van der Waals surface area contributed by atoms with Crippen molar-refractivity contribution in [3.05, 3.63) is 28.8 Å². The number of benzene rings is 1. The maximum Gasteiger partial charge on any atom is 0.223 e. The number of likely N-dealkylation sites (tertiary alicyclic amines) is 1. The number of amides is 1. The van der Waals surface area contributed by atoms with Crippen LogP contribution in [0.2, 0.25) is 5.02 Å². The van der Waals surface area contributed by atoms with E-state index in [1.165, 1.54) is 0 Å². The van der Waals surface area contributed by atoms with Crippen molar-refractivity contribution in [3.63, 3.8) is 0 Å². The molecular weight excluding hydrogens is 276 g/mol. The van der Waals surface area contributed by atoms with Crippen molar-refractivity contribution >= 4 is 17.5 Å². The molecule has 1 aromatic rings. The van der Waals surface area contributed by atoms with E-state index in [0.717, 1.165) is 30.8 Å². The predicted molar refractivity (Wildman–Crippen MR) is 75.9 cm³/mol. The third kappa shape index (κ3) is 1.68. The summed E-state index contributed by atoms with van der Waals surface area (Å²) in [5, 5.41) is 3.82. The van der Waals surface area contributed by atoms with Crippen molar-refractivity contribution in [3.8, 4) is 5.75 Å². The number of hydrogen-bond acceptors (Lipinski definition) is 3. The molecule has 2 fully saturated rings. The molecule has 0 saturated carbocycles. The Hall–Kier alpha value is -1.26. The minimum atomic E-state index is -0.520. The monoisotopic (exact) mass is 292 g/mol. The van der Waals surface area contributed by atoms with Crippen LogP contribution >= 0.6 is 11.6 Å². The normalized spacial score (nSPS) is 35.6. The van der Waals surface area contributed by atoms with Crippen LogP contribution in [0.1, 0.15) is 24.3 Å². The van der Waals surface area contributed by atoms with Crippen molar-refractivity contribution in [1.82, 2.24) is 10.2 Å². The molecule has 0 aliphatic carbocycles. The largest absolute Gasteiger partial charge is 0.467 e. The molecule has 106 valence electrons. The Bertz CT molecular complexity index is 591. The third-order valence-corrected chi connectivity index (χ3v) is 5.11. The zero-order valence-corrected chi connectivity index (χ0v) is 12.1. The van der Waals surface area contributed by atoms with Gasteiger partial charge in [-0.05, 0) is 30.8 Å². The first-order chi connectivity index (χ1) is 9.57. The van der Waals surface area contributed by atoms with Crippen molar-refractivity contribution < 1.29 is 9.53 Å². The van der Waals surface area contributed by atoms with Crippen LogP contribution in [-0.2, 0) is 4.79 Å². The van der Waals surface area contributed by atoms with E-state index < -0.39 is 5.72 Å². The highest BCUT2D eigenvalue weighted by Gasteiger charge is 2.56. The second-order valence-corrected chi connectivity index (χ2v) is 6.59. The summed E-state index contributed by atoms with van der Waals surface area (Å²) in [6, 6.07) is 5.74. The quantitative estimate of drug-likeness (QED) is 0.795. The van der Waals surface area contributed by atoms with Crippen LogP contribution < -0.4 is 10.1 Å². The molecule has 3 heterocycles. The number of fused-ring (bicyclic) bond motifs is 2. The molecule has 3 aliphatic rings. The molecular formula is C15H17ClN2O2. The second kappa shape index (κ2) is 4.12. The van der Waals surface area contributed by atoms with Gasteiger partial charge in [0, 0.05) is 42.8 Å². The summed E-state index contributed by atoms with van der Waals surface area (Å²) in [5.74, 6) is 1.46. The highest BCUT2D eigenvalue weighted by atomic mass is 35.5. The number of nitrogens with zero attached hydrogens (tertiary/aromatic N) is 1. The number of halogens is 1. The van der Waals surface area contributed by atoms with Crippen molar-refractivity contribution in [1.29, 1.82) is 0 Å². The first-order valence-electron chi connectivity index (χ1n) is 7.05. The zero-order chi connectivity index (χ0) is 13.9. The lowest BCUT2D eigenvalue weighted by atomic mass is 9.69. The van der Waals surface area contributed by atoms with Gasteiger partial charge in [0.05, 0.1) is 0 Å². The van der Waals surface area contributed by atoms with E-state index in [1.807, 2.05) is 18.2 Å². The molecule has 4 nitrogen and oxygen atoms in total. The first kappa shape index (κ1) is 12.5. The Morgan fingerprint density at radius 1 is 1.50 bits per heavy atom. The van der Waals surface area contributed by atoms with Gasteiger partial charge >= 0.3 is 0 Å². The van der Waals surface area contributed by atoms with Gasteiger partial charge in [0.2, 0.25) is 5.91 Å². The summed E-state index contributed by atoms with van der Waals surface area (Å²) in [7, 11) is 2.12. The molecule has 0 radical (unpaired) electrons. The lowest BCUT2D eigenvalue weighted by Crippen LogP contribution is -2.69. The maximum atomic E-state index is 12.1. The van der Waals surface area contributed by atoms with Crippen LogP contribution in [0.5, 0.6) is 5.75 Å². The minimum absolute atomic E-state index is 0.0847. The number of piperidine rings is 2. The van der Waals surface area contributed by atoms with Gasteiger partial charge in [0.15, 0.2) is 5.72 Å². The maximum absolute atomic E-state index is 12.1. The number of ether oxygens (including phenoxy) is 1. The summed E-state index contributed by atoms with van der Waals surface area (Å²) < 4.78 is 6.25. The highest BCUT2D eigenvalue weighted by molar-refractivity contribution is 6.30. The van der Waals surface area contributed by atoms with Gasteiger partial charge in [-0.15, -0.1) is 0 Å². The van der Waals surface area contributed by atoms with E-state index in [2.05, 4.69) is 17.3 Å². The molecule has 5 heteroatoms. The van der Waals surface area contributed by atoms with Crippen molar-refractivity contribution in [2.75, 3.05) is 20.1 Å². The zero-order valence-electron chi connectivity index (χ0n) is 11.4. The summed E-state index contributed by atoms with van der Waals surface area (Å²) in [4.78, 5) is 14.4. The first-order valence-corrected chi connectivity index (χ1v) is 7.43. The van der Waals surface area contributed by atoms with Crippen LogP contribution in [0.4, 0.5) is 0 Å². The standard InChI is InChI=1S/C15H17ClN2O2/c1-18-5-4-15-12(8-18)10(7-14(19)17-15)11-6-9(16)2-3-13(11)20-15/h2-3,6,10,12H,4-5,7-8H2,1H3,(H,17,19)/t10-,12?,15+/m0/s1. The lowest BCUT2D eigenvalue weighted by molar-refractivity contribution is -0.152. The number of carbonyl (C=O) groups is 1.